The molecule has 1 unspecified atom stereocenters. The zero-order chi connectivity index (χ0) is 12.3. The van der Waals surface area contributed by atoms with Crippen molar-refractivity contribution < 1.29 is 0 Å². The molecule has 4 heteroatoms. The number of hydrazine groups is 1. The lowest BCUT2D eigenvalue weighted by molar-refractivity contribution is 0.553. The van der Waals surface area contributed by atoms with E-state index in [1.807, 2.05) is 0 Å². The van der Waals surface area contributed by atoms with Crippen molar-refractivity contribution in [2.24, 2.45) is 5.84 Å². The molecule has 0 aliphatic heterocycles. The zero-order valence-corrected chi connectivity index (χ0v) is 12.0. The first-order chi connectivity index (χ1) is 8.20. The lowest BCUT2D eigenvalue weighted by Gasteiger charge is -2.18. The minimum atomic E-state index is 0.168. The van der Waals surface area contributed by atoms with Gasteiger partial charge in [-0.25, -0.2) is 0 Å². The molecule has 0 aliphatic rings. The zero-order valence-electron chi connectivity index (χ0n) is 9.61. The molecule has 0 amide bonds. The maximum atomic E-state index is 5.67. The van der Waals surface area contributed by atoms with Crippen molar-refractivity contribution in [3.63, 3.8) is 0 Å². The van der Waals surface area contributed by atoms with Crippen LogP contribution in [0.1, 0.15) is 22.0 Å². The fourth-order valence-corrected chi connectivity index (χ4v) is 3.15. The van der Waals surface area contributed by atoms with Gasteiger partial charge in [0.15, 0.2) is 0 Å². The maximum Gasteiger partial charge on any atom is 0.0510 e. The Morgan fingerprint density at radius 2 is 2.24 bits per heavy atom. The second-order valence-corrected chi connectivity index (χ2v) is 5.95. The summed E-state index contributed by atoms with van der Waals surface area (Å²) in [4.78, 5) is 1.34. The smallest absolute Gasteiger partial charge is 0.0510 e. The van der Waals surface area contributed by atoms with Crippen molar-refractivity contribution in [3.05, 3.63) is 56.2 Å². The van der Waals surface area contributed by atoms with E-state index in [1.165, 1.54) is 16.0 Å². The topological polar surface area (TPSA) is 38.0 Å². The van der Waals surface area contributed by atoms with Crippen LogP contribution in [0.15, 0.2) is 40.2 Å². The van der Waals surface area contributed by atoms with E-state index in [0.29, 0.717) is 0 Å². The fraction of sp³-hybridized carbons (Fsp3) is 0.231. The third kappa shape index (κ3) is 3.16. The van der Waals surface area contributed by atoms with Gasteiger partial charge in [-0.1, -0.05) is 28.1 Å². The molecule has 1 aromatic heterocycles. The number of thiophene rings is 1. The van der Waals surface area contributed by atoms with Gasteiger partial charge < -0.3 is 0 Å². The standard InChI is InChI=1S/C13H15BrN2S/c1-9-7-10(14)4-5-12(9)13(16-15)8-11-3-2-6-17-11/h2-7,13,16H,8,15H2,1H3. The third-order valence-corrected chi connectivity index (χ3v) is 4.19. The molecule has 2 rings (SSSR count). The van der Waals surface area contributed by atoms with E-state index in [4.69, 9.17) is 5.84 Å². The average Bonchev–Trinajstić information content (AvgIpc) is 2.79. The molecule has 0 aliphatic carbocycles. The molecule has 3 N–H and O–H groups in total. The Kier molecular flexibility index (Phi) is 4.34. The number of aryl methyl sites for hydroxylation is 1. The summed E-state index contributed by atoms with van der Waals surface area (Å²) in [6, 6.07) is 10.7. The molecule has 1 heterocycles. The highest BCUT2D eigenvalue weighted by Crippen LogP contribution is 2.25. The molecule has 1 atom stereocenters. The number of hydrogen-bond acceptors (Lipinski definition) is 3. The highest BCUT2D eigenvalue weighted by atomic mass is 79.9. The van der Waals surface area contributed by atoms with E-state index < -0.39 is 0 Å². The second-order valence-electron chi connectivity index (χ2n) is 4.00. The van der Waals surface area contributed by atoms with E-state index in [2.05, 4.69) is 64.0 Å². The molecule has 0 spiro atoms. The van der Waals surface area contributed by atoms with E-state index in [0.717, 1.165) is 10.9 Å². The highest BCUT2D eigenvalue weighted by molar-refractivity contribution is 9.10. The molecule has 17 heavy (non-hydrogen) atoms. The Hall–Kier alpha value is -0.680. The van der Waals surface area contributed by atoms with Gasteiger partial charge in [-0.3, -0.25) is 11.3 Å². The van der Waals surface area contributed by atoms with Crippen LogP contribution in [0, 0.1) is 6.92 Å². The van der Waals surface area contributed by atoms with Crippen LogP contribution in [0.2, 0.25) is 0 Å². The molecule has 0 saturated carbocycles. The average molecular weight is 311 g/mol. The summed E-state index contributed by atoms with van der Waals surface area (Å²) in [6.45, 7) is 2.11. The third-order valence-electron chi connectivity index (χ3n) is 2.79. The van der Waals surface area contributed by atoms with Crippen molar-refractivity contribution >= 4 is 27.3 Å². The van der Waals surface area contributed by atoms with Gasteiger partial charge in [0.1, 0.15) is 0 Å². The molecule has 2 aromatic rings. The van der Waals surface area contributed by atoms with Crippen LogP contribution >= 0.6 is 27.3 Å². The van der Waals surface area contributed by atoms with Crippen LogP contribution in [-0.4, -0.2) is 0 Å². The summed E-state index contributed by atoms with van der Waals surface area (Å²) in [7, 11) is 0. The number of nitrogens with one attached hydrogen (secondary N) is 1. The van der Waals surface area contributed by atoms with Crippen molar-refractivity contribution in [2.45, 2.75) is 19.4 Å². The van der Waals surface area contributed by atoms with Gasteiger partial charge in [0.05, 0.1) is 6.04 Å². The quantitative estimate of drug-likeness (QED) is 0.669. The van der Waals surface area contributed by atoms with Crippen LogP contribution in [0.25, 0.3) is 0 Å². The molecular weight excluding hydrogens is 296 g/mol. The molecular formula is C13H15BrN2S. The largest absolute Gasteiger partial charge is 0.271 e. The van der Waals surface area contributed by atoms with Gasteiger partial charge in [-0.05, 0) is 41.6 Å². The van der Waals surface area contributed by atoms with Crippen molar-refractivity contribution in [1.29, 1.82) is 0 Å². The van der Waals surface area contributed by atoms with Crippen molar-refractivity contribution in [3.8, 4) is 0 Å². The molecule has 0 bridgehead atoms. The lowest BCUT2D eigenvalue weighted by Crippen LogP contribution is -2.29. The van der Waals surface area contributed by atoms with Crippen LogP contribution in [0.5, 0.6) is 0 Å². The number of nitrogens with two attached hydrogens (primary N) is 1. The highest BCUT2D eigenvalue weighted by Gasteiger charge is 2.13. The number of hydrogen-bond donors (Lipinski definition) is 2. The van der Waals surface area contributed by atoms with E-state index >= 15 is 0 Å². The van der Waals surface area contributed by atoms with Crippen LogP contribution in [0.4, 0.5) is 0 Å². The van der Waals surface area contributed by atoms with Gasteiger partial charge in [0, 0.05) is 15.8 Å². The Bertz CT molecular complexity index is 482. The number of benzene rings is 1. The first-order valence-corrected chi connectivity index (χ1v) is 7.12. The number of halogens is 1. The summed E-state index contributed by atoms with van der Waals surface area (Å²) in [5.74, 6) is 5.67. The molecule has 0 saturated heterocycles. The Labute approximate surface area is 114 Å². The summed E-state index contributed by atoms with van der Waals surface area (Å²) in [6.07, 6.45) is 0.927. The summed E-state index contributed by atoms with van der Waals surface area (Å²) >= 11 is 5.24. The molecule has 1 aromatic carbocycles. The normalized spacial score (nSPS) is 12.6. The van der Waals surface area contributed by atoms with Crippen molar-refractivity contribution in [1.82, 2.24) is 5.43 Å². The van der Waals surface area contributed by atoms with E-state index in [9.17, 15) is 0 Å². The predicted molar refractivity (Wildman–Crippen MR) is 77.0 cm³/mol. The molecule has 0 fully saturated rings. The van der Waals surface area contributed by atoms with Crippen LogP contribution in [-0.2, 0) is 6.42 Å². The molecule has 90 valence electrons. The Balaban J connectivity index is 2.23. The summed E-state index contributed by atoms with van der Waals surface area (Å²) in [5, 5.41) is 2.09. The molecule has 2 nitrogen and oxygen atoms in total. The summed E-state index contributed by atoms with van der Waals surface area (Å²) < 4.78 is 1.10. The van der Waals surface area contributed by atoms with Gasteiger partial charge in [-0.2, -0.15) is 0 Å². The van der Waals surface area contributed by atoms with E-state index in [-0.39, 0.29) is 6.04 Å². The van der Waals surface area contributed by atoms with Gasteiger partial charge >= 0.3 is 0 Å². The minimum absolute atomic E-state index is 0.168. The first kappa shape index (κ1) is 12.8. The minimum Gasteiger partial charge on any atom is -0.271 e. The van der Waals surface area contributed by atoms with Crippen molar-refractivity contribution in [2.75, 3.05) is 0 Å². The predicted octanol–water partition coefficient (Wildman–Crippen LogP) is 3.57. The van der Waals surface area contributed by atoms with Gasteiger partial charge in [0.2, 0.25) is 0 Å². The summed E-state index contributed by atoms with van der Waals surface area (Å²) in [5.41, 5.74) is 5.41. The van der Waals surface area contributed by atoms with E-state index in [1.54, 1.807) is 11.3 Å². The van der Waals surface area contributed by atoms with Crippen LogP contribution < -0.4 is 11.3 Å². The Morgan fingerprint density at radius 3 is 2.82 bits per heavy atom. The fourth-order valence-electron chi connectivity index (χ4n) is 1.92. The SMILES string of the molecule is Cc1cc(Br)ccc1C(Cc1cccs1)NN. The maximum absolute atomic E-state index is 5.67. The van der Waals surface area contributed by atoms with Crippen LogP contribution in [0.3, 0.4) is 0 Å². The monoisotopic (exact) mass is 310 g/mol. The lowest BCUT2D eigenvalue weighted by atomic mass is 9.99. The van der Waals surface area contributed by atoms with Gasteiger partial charge in [-0.15, -0.1) is 11.3 Å². The number of rotatable bonds is 4. The van der Waals surface area contributed by atoms with Gasteiger partial charge in [0.25, 0.3) is 0 Å². The first-order valence-electron chi connectivity index (χ1n) is 5.45. The molecule has 0 radical (unpaired) electrons. The second kappa shape index (κ2) is 5.78. The Morgan fingerprint density at radius 1 is 1.41 bits per heavy atom.